The lowest BCUT2D eigenvalue weighted by Crippen LogP contribution is -2.35. The molecule has 1 heterocycles. The summed E-state index contributed by atoms with van der Waals surface area (Å²) < 4.78 is 15.2. The van der Waals surface area contributed by atoms with Gasteiger partial charge in [0.05, 0.1) is 20.6 Å². The Morgan fingerprint density at radius 2 is 1.80 bits per heavy atom. The van der Waals surface area contributed by atoms with E-state index in [1.807, 2.05) is 0 Å². The molecule has 0 saturated heterocycles. The molecule has 0 aliphatic carbocycles. The highest BCUT2D eigenvalue weighted by Crippen LogP contribution is 2.27. The van der Waals surface area contributed by atoms with Crippen LogP contribution >= 0.6 is 0 Å². The number of aromatic nitrogens is 1. The molecule has 134 valence electrons. The summed E-state index contributed by atoms with van der Waals surface area (Å²) in [5.74, 6) is 1.25. The average molecular weight is 347 g/mol. The van der Waals surface area contributed by atoms with Gasteiger partial charge in [0, 0.05) is 19.2 Å². The molecule has 0 saturated carbocycles. The van der Waals surface area contributed by atoms with Gasteiger partial charge >= 0.3 is 0 Å². The number of nitrogens with zero attached hydrogens (tertiary/aromatic N) is 1. The molecule has 25 heavy (non-hydrogen) atoms. The zero-order valence-electron chi connectivity index (χ0n) is 14.4. The second-order valence-electron chi connectivity index (χ2n) is 5.29. The quantitative estimate of drug-likeness (QED) is 0.693. The van der Waals surface area contributed by atoms with Crippen molar-refractivity contribution in [2.24, 2.45) is 0 Å². The van der Waals surface area contributed by atoms with E-state index in [-0.39, 0.29) is 23.9 Å². The van der Waals surface area contributed by atoms with Crippen molar-refractivity contribution in [3.63, 3.8) is 0 Å². The van der Waals surface area contributed by atoms with Crippen molar-refractivity contribution in [3.8, 4) is 11.5 Å². The minimum absolute atomic E-state index is 0.154. The Hall–Kier alpha value is -3.03. The van der Waals surface area contributed by atoms with Crippen LogP contribution in [0.1, 0.15) is 21.8 Å². The maximum absolute atomic E-state index is 12.0. The monoisotopic (exact) mass is 347 g/mol. The second kappa shape index (κ2) is 8.72. The first-order chi connectivity index (χ1) is 12.0. The van der Waals surface area contributed by atoms with E-state index in [2.05, 4.69) is 15.8 Å². The van der Waals surface area contributed by atoms with Gasteiger partial charge in [0.15, 0.2) is 17.2 Å². The summed E-state index contributed by atoms with van der Waals surface area (Å²) in [5.41, 5.74) is 1.02. The van der Waals surface area contributed by atoms with Gasteiger partial charge in [0.2, 0.25) is 5.91 Å². The molecule has 0 spiro atoms. The van der Waals surface area contributed by atoms with Crippen LogP contribution in [-0.4, -0.2) is 44.3 Å². The molecule has 2 aromatic rings. The molecule has 8 heteroatoms. The van der Waals surface area contributed by atoms with Gasteiger partial charge in [-0.15, -0.1) is 0 Å². The van der Waals surface area contributed by atoms with Crippen molar-refractivity contribution >= 4 is 11.8 Å². The third kappa shape index (κ3) is 5.23. The molecule has 0 aliphatic heterocycles. The topological polar surface area (TPSA) is 103 Å². The molecule has 8 nitrogen and oxygen atoms in total. The summed E-state index contributed by atoms with van der Waals surface area (Å²) in [6.45, 7) is 2.31. The molecule has 0 aliphatic rings. The van der Waals surface area contributed by atoms with E-state index in [0.717, 1.165) is 5.56 Å². The summed E-state index contributed by atoms with van der Waals surface area (Å²) in [6, 6.07) is 6.86. The number of rotatable bonds is 8. The number of benzene rings is 1. The Balaban J connectivity index is 1.74. The number of methoxy groups -OCH3 is 2. The van der Waals surface area contributed by atoms with Crippen molar-refractivity contribution in [2.75, 3.05) is 27.3 Å². The Bertz CT molecular complexity index is 742. The maximum atomic E-state index is 12.0. The Kier molecular flexibility index (Phi) is 6.39. The van der Waals surface area contributed by atoms with Gasteiger partial charge in [-0.05, 0) is 24.6 Å². The van der Waals surface area contributed by atoms with E-state index in [9.17, 15) is 9.59 Å². The van der Waals surface area contributed by atoms with Crippen LogP contribution in [0.15, 0.2) is 28.8 Å². The van der Waals surface area contributed by atoms with Gasteiger partial charge in [0.25, 0.3) is 5.91 Å². The first kappa shape index (κ1) is 18.3. The third-order valence-corrected chi connectivity index (χ3v) is 3.41. The van der Waals surface area contributed by atoms with Crippen LogP contribution in [0.3, 0.4) is 0 Å². The molecule has 0 bridgehead atoms. The lowest BCUT2D eigenvalue weighted by molar-refractivity contribution is -0.120. The fourth-order valence-corrected chi connectivity index (χ4v) is 2.18. The van der Waals surface area contributed by atoms with Crippen molar-refractivity contribution in [1.29, 1.82) is 0 Å². The minimum atomic E-state index is -0.342. The van der Waals surface area contributed by atoms with Crippen LogP contribution in [0.2, 0.25) is 0 Å². The SMILES string of the molecule is COc1ccc(CC(=O)NCCNC(=O)c2cc(C)on2)cc1OC. The van der Waals surface area contributed by atoms with Gasteiger partial charge in [0.1, 0.15) is 5.76 Å². The van der Waals surface area contributed by atoms with Gasteiger partial charge in [-0.3, -0.25) is 9.59 Å². The van der Waals surface area contributed by atoms with E-state index < -0.39 is 0 Å². The molecule has 0 atom stereocenters. The molecule has 1 aromatic carbocycles. The largest absolute Gasteiger partial charge is 0.493 e. The smallest absolute Gasteiger partial charge is 0.273 e. The van der Waals surface area contributed by atoms with Crippen molar-refractivity contribution in [1.82, 2.24) is 15.8 Å². The van der Waals surface area contributed by atoms with E-state index in [4.69, 9.17) is 14.0 Å². The van der Waals surface area contributed by atoms with Gasteiger partial charge in [-0.25, -0.2) is 0 Å². The Labute approximate surface area is 145 Å². The lowest BCUT2D eigenvalue weighted by Gasteiger charge is -2.10. The highest BCUT2D eigenvalue weighted by Gasteiger charge is 2.11. The van der Waals surface area contributed by atoms with E-state index in [1.165, 1.54) is 0 Å². The molecule has 2 rings (SSSR count). The highest BCUT2D eigenvalue weighted by atomic mass is 16.5. The summed E-state index contributed by atoms with van der Waals surface area (Å²) in [5, 5.41) is 9.01. The normalized spacial score (nSPS) is 10.2. The number of amides is 2. The number of aryl methyl sites for hydroxylation is 1. The first-order valence-corrected chi connectivity index (χ1v) is 7.72. The number of carbonyl (C=O) groups is 2. The first-order valence-electron chi connectivity index (χ1n) is 7.72. The van der Waals surface area contributed by atoms with E-state index in [1.54, 1.807) is 45.4 Å². The molecular weight excluding hydrogens is 326 g/mol. The third-order valence-electron chi connectivity index (χ3n) is 3.41. The van der Waals surface area contributed by atoms with Crippen molar-refractivity contribution < 1.29 is 23.6 Å². The summed E-state index contributed by atoms with van der Waals surface area (Å²) >= 11 is 0. The number of ether oxygens (including phenoxy) is 2. The van der Waals surface area contributed by atoms with Crippen LogP contribution in [0.25, 0.3) is 0 Å². The molecule has 0 radical (unpaired) electrons. The average Bonchev–Trinajstić information content (AvgIpc) is 3.05. The fourth-order valence-electron chi connectivity index (χ4n) is 2.18. The molecular formula is C17H21N3O5. The summed E-state index contributed by atoms with van der Waals surface area (Å²) in [4.78, 5) is 23.7. The van der Waals surface area contributed by atoms with Gasteiger partial charge in [-0.1, -0.05) is 11.2 Å². The second-order valence-corrected chi connectivity index (χ2v) is 5.29. The van der Waals surface area contributed by atoms with Crippen molar-refractivity contribution in [3.05, 3.63) is 41.3 Å². The number of nitrogens with one attached hydrogen (secondary N) is 2. The Morgan fingerprint density at radius 3 is 2.44 bits per heavy atom. The van der Waals surface area contributed by atoms with Crippen LogP contribution in [-0.2, 0) is 11.2 Å². The van der Waals surface area contributed by atoms with E-state index >= 15 is 0 Å². The van der Waals surface area contributed by atoms with Gasteiger partial charge < -0.3 is 24.6 Å². The van der Waals surface area contributed by atoms with Gasteiger partial charge in [-0.2, -0.15) is 0 Å². The number of hydrogen-bond acceptors (Lipinski definition) is 6. The minimum Gasteiger partial charge on any atom is -0.493 e. The number of hydrogen-bond donors (Lipinski definition) is 2. The predicted octanol–water partition coefficient (Wildman–Crippen LogP) is 1.09. The van der Waals surface area contributed by atoms with E-state index in [0.29, 0.717) is 30.3 Å². The zero-order valence-corrected chi connectivity index (χ0v) is 14.4. The molecule has 1 aromatic heterocycles. The van der Waals surface area contributed by atoms with Crippen LogP contribution < -0.4 is 20.1 Å². The van der Waals surface area contributed by atoms with Crippen LogP contribution in [0.4, 0.5) is 0 Å². The molecule has 2 N–H and O–H groups in total. The highest BCUT2D eigenvalue weighted by molar-refractivity contribution is 5.92. The summed E-state index contributed by atoms with van der Waals surface area (Å²) in [7, 11) is 3.10. The van der Waals surface area contributed by atoms with Crippen molar-refractivity contribution in [2.45, 2.75) is 13.3 Å². The molecule has 0 unspecified atom stereocenters. The predicted molar refractivity (Wildman–Crippen MR) is 89.8 cm³/mol. The standard InChI is InChI=1S/C17H21N3O5/c1-11-8-13(20-25-11)17(22)19-7-6-18-16(21)10-12-4-5-14(23-2)15(9-12)24-3/h4-5,8-9H,6-7,10H2,1-3H3,(H,18,21)(H,19,22). The fraction of sp³-hybridized carbons (Fsp3) is 0.353. The summed E-state index contributed by atoms with van der Waals surface area (Å²) in [6.07, 6.45) is 0.205. The Morgan fingerprint density at radius 1 is 1.08 bits per heavy atom. The number of carbonyl (C=O) groups excluding carboxylic acids is 2. The zero-order chi connectivity index (χ0) is 18.2. The molecule has 0 fully saturated rings. The van der Waals surface area contributed by atoms with Crippen LogP contribution in [0.5, 0.6) is 11.5 Å². The maximum Gasteiger partial charge on any atom is 0.273 e. The lowest BCUT2D eigenvalue weighted by atomic mass is 10.1. The van der Waals surface area contributed by atoms with Crippen LogP contribution in [0, 0.1) is 6.92 Å². The molecule has 2 amide bonds.